The van der Waals surface area contributed by atoms with E-state index in [9.17, 15) is 23.3 Å². The van der Waals surface area contributed by atoms with E-state index in [1.54, 1.807) is 23.0 Å². The summed E-state index contributed by atoms with van der Waals surface area (Å²) >= 11 is 3.29. The minimum Gasteiger partial charge on any atom is -0.483 e. The van der Waals surface area contributed by atoms with Crippen LogP contribution in [0.3, 0.4) is 0 Å². The number of aryl methyl sites for hydroxylation is 1. The highest BCUT2D eigenvalue weighted by atomic mass is 79.9. The van der Waals surface area contributed by atoms with Crippen molar-refractivity contribution in [3.05, 3.63) is 62.6 Å². The molecule has 2 N–H and O–H groups in total. The minimum atomic E-state index is -4.32. The van der Waals surface area contributed by atoms with E-state index >= 15 is 0 Å². The van der Waals surface area contributed by atoms with Crippen molar-refractivity contribution in [2.45, 2.75) is 11.8 Å². The monoisotopic (exact) mass is 443 g/mol. The number of sulfonamides is 1. The standard InChI is InChI=1S/C15H14BrN3O6S/c1-10-6-7-13(11(16)8-10)25-9-15(20)17-18-26(23,24)14-5-3-2-4-12(14)19(21)22/h2-8,18H,9H2,1H3,(H,17,20). The Hall–Kier alpha value is -2.50. The van der Waals surface area contributed by atoms with Gasteiger partial charge in [0.2, 0.25) is 0 Å². The average molecular weight is 444 g/mol. The van der Waals surface area contributed by atoms with Gasteiger partial charge in [-0.3, -0.25) is 20.3 Å². The number of hydrogen-bond donors (Lipinski definition) is 2. The number of rotatable bonds is 7. The van der Waals surface area contributed by atoms with Gasteiger partial charge in [-0.05, 0) is 46.6 Å². The zero-order valence-corrected chi connectivity index (χ0v) is 15.8. The number of benzene rings is 2. The topological polar surface area (TPSA) is 128 Å². The number of hydrogen-bond acceptors (Lipinski definition) is 6. The molecule has 0 atom stereocenters. The summed E-state index contributed by atoms with van der Waals surface area (Å²) in [7, 11) is -4.32. The second kappa shape index (κ2) is 8.25. The highest BCUT2D eigenvalue weighted by molar-refractivity contribution is 9.10. The van der Waals surface area contributed by atoms with Crippen LogP contribution in [0.2, 0.25) is 0 Å². The summed E-state index contributed by atoms with van der Waals surface area (Å²) in [6, 6.07) is 10.0. The number of nitrogens with one attached hydrogen (secondary N) is 2. The number of carbonyl (C=O) groups is 1. The second-order valence-electron chi connectivity index (χ2n) is 5.10. The van der Waals surface area contributed by atoms with Crippen LogP contribution in [0.1, 0.15) is 5.56 Å². The predicted octanol–water partition coefficient (Wildman–Crippen LogP) is 2.05. The smallest absolute Gasteiger partial charge is 0.289 e. The molecule has 9 nitrogen and oxygen atoms in total. The van der Waals surface area contributed by atoms with E-state index in [4.69, 9.17) is 4.74 Å². The molecule has 0 spiro atoms. The summed E-state index contributed by atoms with van der Waals surface area (Å²) in [5.41, 5.74) is 2.34. The van der Waals surface area contributed by atoms with Crippen molar-refractivity contribution in [1.29, 1.82) is 0 Å². The largest absolute Gasteiger partial charge is 0.483 e. The van der Waals surface area contributed by atoms with Crippen LogP contribution in [-0.2, 0) is 14.8 Å². The van der Waals surface area contributed by atoms with Crippen LogP contribution < -0.4 is 15.0 Å². The van der Waals surface area contributed by atoms with Gasteiger partial charge in [-0.1, -0.05) is 18.2 Å². The first-order chi connectivity index (χ1) is 12.2. The van der Waals surface area contributed by atoms with E-state index < -0.39 is 38.0 Å². The van der Waals surface area contributed by atoms with Crippen LogP contribution >= 0.6 is 15.9 Å². The molecule has 0 bridgehead atoms. The van der Waals surface area contributed by atoms with Gasteiger partial charge in [0.25, 0.3) is 21.6 Å². The summed E-state index contributed by atoms with van der Waals surface area (Å²) < 4.78 is 30.2. The molecule has 0 aliphatic carbocycles. The summed E-state index contributed by atoms with van der Waals surface area (Å²) in [5.74, 6) is -0.369. The number of halogens is 1. The third kappa shape index (κ3) is 5.00. The molecule has 2 aromatic rings. The SMILES string of the molecule is Cc1ccc(OCC(=O)NNS(=O)(=O)c2ccccc2[N+](=O)[O-])c(Br)c1. The second-order valence-corrected chi connectivity index (χ2v) is 7.61. The van der Waals surface area contributed by atoms with Gasteiger partial charge in [0.15, 0.2) is 11.5 Å². The Morgan fingerprint density at radius 1 is 1.27 bits per heavy atom. The zero-order valence-electron chi connectivity index (χ0n) is 13.4. The van der Waals surface area contributed by atoms with Gasteiger partial charge in [-0.25, -0.2) is 8.42 Å². The molecular formula is C15H14BrN3O6S. The van der Waals surface area contributed by atoms with Gasteiger partial charge >= 0.3 is 0 Å². The Kier molecular flexibility index (Phi) is 6.29. The first kappa shape index (κ1) is 19.8. The first-order valence-corrected chi connectivity index (χ1v) is 9.41. The summed E-state index contributed by atoms with van der Waals surface area (Å²) in [6.45, 7) is 1.43. The van der Waals surface area contributed by atoms with E-state index in [1.165, 1.54) is 12.1 Å². The van der Waals surface area contributed by atoms with Crippen LogP contribution in [0.4, 0.5) is 5.69 Å². The fourth-order valence-corrected chi connectivity index (χ4v) is 3.56. The van der Waals surface area contributed by atoms with Crippen molar-refractivity contribution in [2.24, 2.45) is 0 Å². The highest BCUT2D eigenvalue weighted by Crippen LogP contribution is 2.25. The highest BCUT2D eigenvalue weighted by Gasteiger charge is 2.25. The summed E-state index contributed by atoms with van der Waals surface area (Å²) in [4.78, 5) is 23.1. The van der Waals surface area contributed by atoms with E-state index in [0.717, 1.165) is 17.7 Å². The van der Waals surface area contributed by atoms with Crippen LogP contribution in [0.25, 0.3) is 0 Å². The van der Waals surface area contributed by atoms with E-state index in [-0.39, 0.29) is 0 Å². The van der Waals surface area contributed by atoms with Crippen LogP contribution in [-0.4, -0.2) is 25.9 Å². The lowest BCUT2D eigenvalue weighted by atomic mass is 10.2. The van der Waals surface area contributed by atoms with Gasteiger partial charge in [0.1, 0.15) is 5.75 Å². The number of para-hydroxylation sites is 1. The lowest BCUT2D eigenvalue weighted by Crippen LogP contribution is -2.43. The molecule has 11 heteroatoms. The Balaban J connectivity index is 1.99. The van der Waals surface area contributed by atoms with Crippen molar-refractivity contribution >= 4 is 37.5 Å². The van der Waals surface area contributed by atoms with Gasteiger partial charge in [-0.2, -0.15) is 0 Å². The maximum atomic E-state index is 12.1. The molecule has 26 heavy (non-hydrogen) atoms. The summed E-state index contributed by atoms with van der Waals surface area (Å²) in [6.07, 6.45) is 0. The maximum absolute atomic E-state index is 12.1. The van der Waals surface area contributed by atoms with Crippen molar-refractivity contribution in [3.8, 4) is 5.75 Å². The third-order valence-electron chi connectivity index (χ3n) is 3.12. The van der Waals surface area contributed by atoms with Crippen LogP contribution in [0.5, 0.6) is 5.75 Å². The van der Waals surface area contributed by atoms with Crippen molar-refractivity contribution in [2.75, 3.05) is 6.61 Å². The molecule has 2 aromatic carbocycles. The van der Waals surface area contributed by atoms with Gasteiger partial charge in [-0.15, -0.1) is 4.83 Å². The number of nitrogens with zero attached hydrogens (tertiary/aromatic N) is 1. The Morgan fingerprint density at radius 3 is 2.62 bits per heavy atom. The van der Waals surface area contributed by atoms with Crippen LogP contribution in [0.15, 0.2) is 51.8 Å². The molecule has 0 aliphatic heterocycles. The molecule has 0 aromatic heterocycles. The summed E-state index contributed by atoms with van der Waals surface area (Å²) in [5, 5.41) is 10.9. The van der Waals surface area contributed by atoms with E-state index in [0.29, 0.717) is 10.2 Å². The van der Waals surface area contributed by atoms with E-state index in [2.05, 4.69) is 15.9 Å². The lowest BCUT2D eigenvalue weighted by molar-refractivity contribution is -0.387. The lowest BCUT2D eigenvalue weighted by Gasteiger charge is -2.10. The molecule has 0 saturated heterocycles. The van der Waals surface area contributed by atoms with Gasteiger partial charge < -0.3 is 4.74 Å². The molecule has 0 unspecified atom stereocenters. The molecule has 138 valence electrons. The quantitative estimate of drug-likeness (QED) is 0.497. The minimum absolute atomic E-state index is 0.410. The molecule has 1 amide bonds. The number of nitro groups is 1. The number of hydrazine groups is 1. The normalized spacial score (nSPS) is 11.0. The maximum Gasteiger partial charge on any atom is 0.289 e. The molecule has 0 radical (unpaired) electrons. The van der Waals surface area contributed by atoms with Crippen LogP contribution in [0, 0.1) is 17.0 Å². The molecule has 0 aliphatic rings. The van der Waals surface area contributed by atoms with Crippen molar-refractivity contribution < 1.29 is 22.9 Å². The third-order valence-corrected chi connectivity index (χ3v) is 5.04. The number of amides is 1. The number of carbonyl (C=O) groups excluding carboxylic acids is 1. The van der Waals surface area contributed by atoms with Gasteiger partial charge in [0, 0.05) is 6.07 Å². The van der Waals surface area contributed by atoms with Gasteiger partial charge in [0.05, 0.1) is 9.40 Å². The number of nitro benzene ring substituents is 1. The molecular weight excluding hydrogens is 430 g/mol. The first-order valence-electron chi connectivity index (χ1n) is 7.14. The molecule has 0 fully saturated rings. The zero-order chi connectivity index (χ0) is 19.3. The Labute approximate surface area is 157 Å². The fraction of sp³-hybridized carbons (Fsp3) is 0.133. The number of ether oxygens (including phenoxy) is 1. The Bertz CT molecular complexity index is 948. The van der Waals surface area contributed by atoms with Crippen molar-refractivity contribution in [3.63, 3.8) is 0 Å². The molecule has 0 saturated carbocycles. The van der Waals surface area contributed by atoms with E-state index in [1.807, 2.05) is 12.3 Å². The fourth-order valence-electron chi connectivity index (χ4n) is 1.92. The predicted molar refractivity (Wildman–Crippen MR) is 95.9 cm³/mol. The average Bonchev–Trinajstić information content (AvgIpc) is 2.59. The molecule has 0 heterocycles. The molecule has 2 rings (SSSR count). The van der Waals surface area contributed by atoms with Crippen molar-refractivity contribution in [1.82, 2.24) is 10.3 Å². The Morgan fingerprint density at radius 2 is 1.96 bits per heavy atom.